The second-order valence-corrected chi connectivity index (χ2v) is 9.46. The molecule has 0 amide bonds. The molecule has 0 fully saturated rings. The zero-order chi connectivity index (χ0) is 22.7. The fourth-order valence-electron chi connectivity index (χ4n) is 4.38. The zero-order valence-electron chi connectivity index (χ0n) is 16.8. The average Bonchev–Trinajstić information content (AvgIpc) is 3.27. The molecule has 3 heterocycles. The van der Waals surface area contributed by atoms with Crippen LogP contribution in [0, 0.1) is 0 Å². The summed E-state index contributed by atoms with van der Waals surface area (Å²) in [6.07, 6.45) is 1.07. The van der Waals surface area contributed by atoms with Gasteiger partial charge in [-0.3, -0.25) is 0 Å². The van der Waals surface area contributed by atoms with Gasteiger partial charge >= 0.3 is 0 Å². The molecule has 6 rings (SSSR count). The van der Waals surface area contributed by atoms with Gasteiger partial charge in [-0.2, -0.15) is 10.1 Å². The van der Waals surface area contributed by atoms with Crippen LogP contribution in [0.15, 0.2) is 72.6 Å². The number of halogens is 4. The Morgan fingerprint density at radius 1 is 0.848 bits per heavy atom. The maximum atomic E-state index is 6.70. The molecule has 0 bridgehead atoms. The molecule has 2 atom stereocenters. The van der Waals surface area contributed by atoms with E-state index in [1.54, 1.807) is 10.7 Å². The highest BCUT2D eigenvalue weighted by Gasteiger charge is 2.41. The Morgan fingerprint density at radius 3 is 2.36 bits per heavy atom. The highest BCUT2D eigenvalue weighted by Crippen LogP contribution is 2.52. The van der Waals surface area contributed by atoms with Crippen LogP contribution in [0.4, 0.5) is 5.95 Å². The van der Waals surface area contributed by atoms with Crippen molar-refractivity contribution in [2.24, 2.45) is 0 Å². The van der Waals surface area contributed by atoms with Crippen molar-refractivity contribution >= 4 is 58.0 Å². The highest BCUT2D eigenvalue weighted by molar-refractivity contribution is 6.35. The molecule has 1 N–H and O–H groups in total. The number of aromatic nitrogens is 3. The van der Waals surface area contributed by atoms with Gasteiger partial charge in [-0.05, 0) is 53.6 Å². The molecule has 0 unspecified atom stereocenters. The molecule has 3 aromatic carbocycles. The van der Waals surface area contributed by atoms with Crippen molar-refractivity contribution in [1.82, 2.24) is 14.8 Å². The van der Waals surface area contributed by atoms with Crippen molar-refractivity contribution in [2.45, 2.75) is 12.1 Å². The van der Waals surface area contributed by atoms with Crippen LogP contribution in [0.2, 0.25) is 20.1 Å². The Hall–Kier alpha value is -2.70. The van der Waals surface area contributed by atoms with E-state index in [-0.39, 0.29) is 0 Å². The van der Waals surface area contributed by atoms with Gasteiger partial charge in [-0.25, -0.2) is 4.68 Å². The first-order valence-electron chi connectivity index (χ1n) is 10.1. The van der Waals surface area contributed by atoms with Crippen LogP contribution in [0.25, 0.3) is 5.70 Å². The zero-order valence-corrected chi connectivity index (χ0v) is 19.8. The number of benzene rings is 3. The summed E-state index contributed by atoms with van der Waals surface area (Å²) >= 11 is 25.4. The first-order chi connectivity index (χ1) is 16.0. The Morgan fingerprint density at radius 2 is 1.58 bits per heavy atom. The first-order valence-corrected chi connectivity index (χ1v) is 11.6. The summed E-state index contributed by atoms with van der Waals surface area (Å²) in [7, 11) is 0. The van der Waals surface area contributed by atoms with Crippen LogP contribution in [-0.2, 0) is 0 Å². The summed E-state index contributed by atoms with van der Waals surface area (Å²) in [5.74, 6) is 1.30. The summed E-state index contributed by atoms with van der Waals surface area (Å²) in [4.78, 5) is 4.42. The first kappa shape index (κ1) is 20.9. The third-order valence-electron chi connectivity index (χ3n) is 5.81. The maximum absolute atomic E-state index is 6.70. The summed E-state index contributed by atoms with van der Waals surface area (Å²) in [5.41, 5.74) is 4.39. The number of hydrogen-bond donors (Lipinski definition) is 1. The SMILES string of the molecule is Clc1ccc([C@H]2Oc3ccc(Cl)cc3C3=C2[C@@H](c2ccc(Cl)cc2Cl)n2ncnc2N3)cc1. The lowest BCUT2D eigenvalue weighted by atomic mass is 9.84. The molecular weight excluding hydrogens is 502 g/mol. The van der Waals surface area contributed by atoms with E-state index in [1.165, 1.54) is 6.33 Å². The molecule has 5 nitrogen and oxygen atoms in total. The summed E-state index contributed by atoms with van der Waals surface area (Å²) < 4.78 is 8.36. The predicted octanol–water partition coefficient (Wildman–Crippen LogP) is 7.45. The Kier molecular flexibility index (Phi) is 5.03. The predicted molar refractivity (Wildman–Crippen MR) is 131 cm³/mol. The monoisotopic (exact) mass is 514 g/mol. The number of hydrogen-bond acceptors (Lipinski definition) is 4. The largest absolute Gasteiger partial charge is 0.480 e. The third kappa shape index (κ3) is 3.47. The van der Waals surface area contributed by atoms with Crippen molar-refractivity contribution in [3.63, 3.8) is 0 Å². The Bertz CT molecular complexity index is 1430. The molecule has 0 spiro atoms. The lowest BCUT2D eigenvalue weighted by Crippen LogP contribution is -2.32. The minimum Gasteiger partial charge on any atom is -0.480 e. The number of fused-ring (bicyclic) bond motifs is 3. The smallest absolute Gasteiger partial charge is 0.226 e. The van der Waals surface area contributed by atoms with Gasteiger partial charge in [-0.1, -0.05) is 64.6 Å². The number of anilines is 1. The van der Waals surface area contributed by atoms with E-state index in [0.29, 0.717) is 31.8 Å². The van der Waals surface area contributed by atoms with E-state index >= 15 is 0 Å². The van der Waals surface area contributed by atoms with Crippen molar-refractivity contribution in [2.75, 3.05) is 5.32 Å². The van der Waals surface area contributed by atoms with Crippen LogP contribution in [0.5, 0.6) is 5.75 Å². The van der Waals surface area contributed by atoms with Crippen LogP contribution >= 0.6 is 46.4 Å². The van der Waals surface area contributed by atoms with E-state index in [9.17, 15) is 0 Å². The molecule has 0 radical (unpaired) electrons. The van der Waals surface area contributed by atoms with Crippen molar-refractivity contribution in [3.05, 3.63) is 109 Å². The summed E-state index contributed by atoms with van der Waals surface area (Å²) in [6.45, 7) is 0. The third-order valence-corrected chi connectivity index (χ3v) is 6.86. The molecule has 4 aromatic rings. The van der Waals surface area contributed by atoms with E-state index in [2.05, 4.69) is 15.4 Å². The van der Waals surface area contributed by atoms with Gasteiger partial charge < -0.3 is 10.1 Å². The minimum absolute atomic E-state index is 0.392. The van der Waals surface area contributed by atoms with Gasteiger partial charge in [0, 0.05) is 31.2 Å². The minimum atomic E-state index is -0.437. The molecule has 164 valence electrons. The number of ether oxygens (including phenoxy) is 1. The van der Waals surface area contributed by atoms with Crippen LogP contribution in [-0.4, -0.2) is 14.8 Å². The van der Waals surface area contributed by atoms with Gasteiger partial charge in [0.25, 0.3) is 0 Å². The van der Waals surface area contributed by atoms with Gasteiger partial charge in [0.1, 0.15) is 24.2 Å². The van der Waals surface area contributed by atoms with E-state index in [0.717, 1.165) is 28.0 Å². The molecular formula is C24H14Cl4N4O. The van der Waals surface area contributed by atoms with Crippen LogP contribution in [0.3, 0.4) is 0 Å². The lowest BCUT2D eigenvalue weighted by molar-refractivity contribution is 0.223. The van der Waals surface area contributed by atoms with Gasteiger partial charge in [-0.15, -0.1) is 0 Å². The molecule has 0 saturated heterocycles. The van der Waals surface area contributed by atoms with Gasteiger partial charge in [0.05, 0.1) is 5.70 Å². The fourth-order valence-corrected chi connectivity index (χ4v) is 5.19. The van der Waals surface area contributed by atoms with Crippen molar-refractivity contribution in [3.8, 4) is 5.75 Å². The number of nitrogens with zero attached hydrogens (tertiary/aromatic N) is 3. The summed E-state index contributed by atoms with van der Waals surface area (Å²) in [6, 6.07) is 18.2. The standard InChI is InChI=1S/C24H14Cl4N4O/c25-13-3-1-12(2-4-13)23-20-21(17-9-14(26)6-8-19(17)33-23)31-24-29-11-30-32(24)22(20)16-7-5-15(27)10-18(16)28/h1-11,22-23H,(H,29,30,31)/t22-,23-/m1/s1. The molecule has 9 heteroatoms. The van der Waals surface area contributed by atoms with E-state index in [4.69, 9.17) is 51.1 Å². The van der Waals surface area contributed by atoms with Gasteiger partial charge in [0.2, 0.25) is 5.95 Å². The number of rotatable bonds is 2. The molecule has 0 aliphatic carbocycles. The van der Waals surface area contributed by atoms with Crippen molar-refractivity contribution in [1.29, 1.82) is 0 Å². The summed E-state index contributed by atoms with van der Waals surface area (Å²) in [5, 5.41) is 10.3. The molecule has 1 aromatic heterocycles. The van der Waals surface area contributed by atoms with Crippen molar-refractivity contribution < 1.29 is 4.74 Å². The molecule has 2 aliphatic heterocycles. The second kappa shape index (κ2) is 7.96. The molecule has 2 aliphatic rings. The topological polar surface area (TPSA) is 52.0 Å². The van der Waals surface area contributed by atoms with Crippen LogP contribution in [0.1, 0.15) is 28.8 Å². The van der Waals surface area contributed by atoms with E-state index < -0.39 is 12.1 Å². The molecule has 0 saturated carbocycles. The normalized spacial score (nSPS) is 18.7. The molecule has 33 heavy (non-hydrogen) atoms. The lowest BCUT2D eigenvalue weighted by Gasteiger charge is -2.39. The maximum Gasteiger partial charge on any atom is 0.226 e. The highest BCUT2D eigenvalue weighted by atomic mass is 35.5. The average molecular weight is 516 g/mol. The van der Waals surface area contributed by atoms with E-state index in [1.807, 2.05) is 54.6 Å². The fraction of sp³-hybridized carbons (Fsp3) is 0.0833. The second-order valence-electron chi connectivity index (χ2n) is 7.74. The quantitative estimate of drug-likeness (QED) is 0.301. The Balaban J connectivity index is 1.65. The van der Waals surface area contributed by atoms with Gasteiger partial charge in [0.15, 0.2) is 0 Å². The number of nitrogens with one attached hydrogen (secondary N) is 1. The Labute approximate surface area is 209 Å². The van der Waals surface area contributed by atoms with Crippen LogP contribution < -0.4 is 10.1 Å².